The summed E-state index contributed by atoms with van der Waals surface area (Å²) in [6.07, 6.45) is -4.91. The van der Waals surface area contributed by atoms with Gasteiger partial charge in [-0.1, -0.05) is 0 Å². The second-order valence-corrected chi connectivity index (χ2v) is 2.91. The van der Waals surface area contributed by atoms with Crippen LogP contribution in [0.1, 0.15) is 16.1 Å². The second kappa shape index (κ2) is 4.36. The van der Waals surface area contributed by atoms with Crippen LogP contribution >= 0.6 is 0 Å². The number of ether oxygens (including phenoxy) is 1. The van der Waals surface area contributed by atoms with Crippen LogP contribution in [0, 0.1) is 17.0 Å². The number of pyridine rings is 1. The van der Waals surface area contributed by atoms with Crippen LogP contribution < -0.4 is 4.74 Å². The third-order valence-electron chi connectivity index (χ3n) is 1.79. The molecule has 0 bridgehead atoms. The molecule has 0 aromatic carbocycles. The van der Waals surface area contributed by atoms with E-state index in [9.17, 15) is 28.1 Å². The maximum atomic E-state index is 11.9. The van der Waals surface area contributed by atoms with Crippen molar-refractivity contribution in [1.29, 1.82) is 0 Å². The molecule has 6 nitrogen and oxygen atoms in total. The van der Waals surface area contributed by atoms with Gasteiger partial charge in [0.2, 0.25) is 5.88 Å². The van der Waals surface area contributed by atoms with Gasteiger partial charge in [-0.3, -0.25) is 14.9 Å². The minimum atomic E-state index is -5.03. The molecule has 0 radical (unpaired) electrons. The maximum Gasteiger partial charge on any atom is 0.574 e. The molecular weight excluding hydrogens is 245 g/mol. The molecular formula is C8H5F3N2O4. The normalized spacial score (nSPS) is 11.1. The van der Waals surface area contributed by atoms with Crippen molar-refractivity contribution in [2.24, 2.45) is 0 Å². The molecule has 0 atom stereocenters. The lowest BCUT2D eigenvalue weighted by molar-refractivity contribution is -0.385. The maximum absolute atomic E-state index is 11.9. The molecule has 0 aliphatic carbocycles. The van der Waals surface area contributed by atoms with Gasteiger partial charge in [0.05, 0.1) is 16.6 Å². The zero-order valence-electron chi connectivity index (χ0n) is 8.32. The summed E-state index contributed by atoms with van der Waals surface area (Å²) in [6.45, 7) is 1.20. The van der Waals surface area contributed by atoms with Gasteiger partial charge in [0, 0.05) is 0 Å². The average molecular weight is 250 g/mol. The van der Waals surface area contributed by atoms with Crippen LogP contribution in [0.2, 0.25) is 0 Å². The first kappa shape index (κ1) is 12.9. The number of nitrogens with zero attached hydrogens (tertiary/aromatic N) is 2. The van der Waals surface area contributed by atoms with Crippen molar-refractivity contribution in [1.82, 2.24) is 4.98 Å². The summed E-state index contributed by atoms with van der Waals surface area (Å²) in [5, 5.41) is 10.5. The number of halogens is 3. The Morgan fingerprint density at radius 1 is 1.53 bits per heavy atom. The molecule has 1 aromatic rings. The summed E-state index contributed by atoms with van der Waals surface area (Å²) in [7, 11) is 0. The molecule has 1 heterocycles. The van der Waals surface area contributed by atoms with E-state index in [4.69, 9.17) is 0 Å². The van der Waals surface area contributed by atoms with Crippen molar-refractivity contribution < 1.29 is 27.6 Å². The Morgan fingerprint density at radius 2 is 2.12 bits per heavy atom. The van der Waals surface area contributed by atoms with E-state index < -0.39 is 28.5 Å². The summed E-state index contributed by atoms with van der Waals surface area (Å²) in [5.74, 6) is -1.04. The fourth-order valence-corrected chi connectivity index (χ4v) is 1.07. The van der Waals surface area contributed by atoms with Crippen molar-refractivity contribution in [3.8, 4) is 5.88 Å². The summed E-state index contributed by atoms with van der Waals surface area (Å²) in [4.78, 5) is 23.3. The van der Waals surface area contributed by atoms with Gasteiger partial charge < -0.3 is 4.74 Å². The van der Waals surface area contributed by atoms with E-state index in [0.29, 0.717) is 6.07 Å². The topological polar surface area (TPSA) is 82.3 Å². The molecule has 0 unspecified atom stereocenters. The molecule has 92 valence electrons. The van der Waals surface area contributed by atoms with E-state index in [1.165, 1.54) is 6.92 Å². The van der Waals surface area contributed by atoms with Gasteiger partial charge >= 0.3 is 6.36 Å². The van der Waals surface area contributed by atoms with Crippen LogP contribution in [-0.4, -0.2) is 22.6 Å². The molecule has 17 heavy (non-hydrogen) atoms. The van der Waals surface area contributed by atoms with E-state index in [1.807, 2.05) is 0 Å². The number of rotatable bonds is 3. The summed E-state index contributed by atoms with van der Waals surface area (Å²) < 4.78 is 39.1. The zero-order valence-corrected chi connectivity index (χ0v) is 8.32. The van der Waals surface area contributed by atoms with Crippen LogP contribution in [0.3, 0.4) is 0 Å². The number of aromatic nitrogens is 1. The highest BCUT2D eigenvalue weighted by molar-refractivity contribution is 5.76. The zero-order chi connectivity index (χ0) is 13.2. The monoisotopic (exact) mass is 250 g/mol. The van der Waals surface area contributed by atoms with Crippen LogP contribution in [0.25, 0.3) is 0 Å². The summed E-state index contributed by atoms with van der Waals surface area (Å²) >= 11 is 0. The molecule has 0 aliphatic heterocycles. The number of carbonyl (C=O) groups excluding carboxylic acids is 1. The smallest absolute Gasteiger partial charge is 0.388 e. The van der Waals surface area contributed by atoms with Gasteiger partial charge in [0.25, 0.3) is 5.69 Å². The van der Waals surface area contributed by atoms with Crippen molar-refractivity contribution in [3.63, 3.8) is 0 Å². The van der Waals surface area contributed by atoms with Gasteiger partial charge in [-0.25, -0.2) is 4.98 Å². The SMILES string of the molecule is Cc1c([N+](=O)[O-])cc(OC(F)(F)F)nc1C=O. The molecule has 0 N–H and O–H groups in total. The molecule has 0 saturated heterocycles. The highest BCUT2D eigenvalue weighted by atomic mass is 19.4. The van der Waals surface area contributed by atoms with E-state index >= 15 is 0 Å². The Labute approximate surface area is 92.2 Å². The highest BCUT2D eigenvalue weighted by Gasteiger charge is 2.33. The van der Waals surface area contributed by atoms with Crippen LogP contribution in [0.4, 0.5) is 18.9 Å². The lowest BCUT2D eigenvalue weighted by atomic mass is 10.2. The van der Waals surface area contributed by atoms with Crippen LogP contribution in [-0.2, 0) is 0 Å². The molecule has 1 aromatic heterocycles. The van der Waals surface area contributed by atoms with Crippen molar-refractivity contribution >= 4 is 12.0 Å². The lowest BCUT2D eigenvalue weighted by Crippen LogP contribution is -2.18. The summed E-state index contributed by atoms with van der Waals surface area (Å²) in [5.41, 5.74) is -1.26. The van der Waals surface area contributed by atoms with Crippen molar-refractivity contribution in [3.05, 3.63) is 27.4 Å². The Kier molecular flexibility index (Phi) is 3.30. The lowest BCUT2D eigenvalue weighted by Gasteiger charge is -2.09. The number of carbonyl (C=O) groups is 1. The first-order valence-corrected chi connectivity index (χ1v) is 4.11. The Bertz CT molecular complexity index is 473. The Hall–Kier alpha value is -2.19. The molecule has 0 aliphatic rings. The first-order valence-electron chi connectivity index (χ1n) is 4.11. The fourth-order valence-electron chi connectivity index (χ4n) is 1.07. The molecule has 0 spiro atoms. The minimum absolute atomic E-state index is 0.117. The predicted molar refractivity (Wildman–Crippen MR) is 47.7 cm³/mol. The molecule has 0 saturated carbocycles. The third-order valence-corrected chi connectivity index (χ3v) is 1.79. The number of hydrogen-bond acceptors (Lipinski definition) is 5. The highest BCUT2D eigenvalue weighted by Crippen LogP contribution is 2.27. The molecule has 9 heteroatoms. The average Bonchev–Trinajstić information content (AvgIpc) is 2.17. The van der Waals surface area contributed by atoms with Gasteiger partial charge in [-0.05, 0) is 6.92 Å². The largest absolute Gasteiger partial charge is 0.574 e. The van der Waals surface area contributed by atoms with Gasteiger partial charge in [0.1, 0.15) is 5.69 Å². The molecule has 1 rings (SSSR count). The number of alkyl halides is 3. The molecule has 0 fully saturated rings. The van der Waals surface area contributed by atoms with Gasteiger partial charge in [-0.15, -0.1) is 13.2 Å². The quantitative estimate of drug-likeness (QED) is 0.465. The van der Waals surface area contributed by atoms with Crippen LogP contribution in [0.15, 0.2) is 6.07 Å². The molecule has 0 amide bonds. The Morgan fingerprint density at radius 3 is 2.53 bits per heavy atom. The number of aldehydes is 1. The minimum Gasteiger partial charge on any atom is -0.388 e. The standard InChI is InChI=1S/C8H5F3N2O4/c1-4-5(3-14)12-7(17-8(9,10)11)2-6(4)13(15)16/h2-3H,1H3. The van der Waals surface area contributed by atoms with E-state index in [2.05, 4.69) is 9.72 Å². The fraction of sp³-hybridized carbons (Fsp3) is 0.250. The van der Waals surface area contributed by atoms with E-state index in [-0.39, 0.29) is 11.8 Å². The van der Waals surface area contributed by atoms with Gasteiger partial charge in [0.15, 0.2) is 6.29 Å². The van der Waals surface area contributed by atoms with Gasteiger partial charge in [-0.2, -0.15) is 0 Å². The summed E-state index contributed by atoms with van der Waals surface area (Å²) in [6, 6.07) is 0.510. The van der Waals surface area contributed by atoms with Crippen molar-refractivity contribution in [2.75, 3.05) is 0 Å². The third kappa shape index (κ3) is 3.13. The number of nitro groups is 1. The second-order valence-electron chi connectivity index (χ2n) is 2.91. The predicted octanol–water partition coefficient (Wildman–Crippen LogP) is 2.01. The number of hydrogen-bond donors (Lipinski definition) is 0. The Balaban J connectivity index is 3.30. The first-order chi connectivity index (χ1) is 7.74. The van der Waals surface area contributed by atoms with Crippen LogP contribution in [0.5, 0.6) is 5.88 Å². The van der Waals surface area contributed by atoms with E-state index in [0.717, 1.165) is 0 Å². The van der Waals surface area contributed by atoms with E-state index in [1.54, 1.807) is 0 Å². The van der Waals surface area contributed by atoms with Crippen molar-refractivity contribution in [2.45, 2.75) is 13.3 Å².